The summed E-state index contributed by atoms with van der Waals surface area (Å²) in [6.07, 6.45) is 6.04. The number of fused-ring (bicyclic) bond motifs is 4. The molecule has 0 spiro atoms. The second-order valence-electron chi connectivity index (χ2n) is 6.48. The Balaban J connectivity index is 1.54. The zero-order valence-corrected chi connectivity index (χ0v) is 13.7. The van der Waals surface area contributed by atoms with E-state index in [1.54, 1.807) is 16.8 Å². The number of aryl methyl sites for hydroxylation is 1. The molecule has 3 aromatic heterocycles. The van der Waals surface area contributed by atoms with Gasteiger partial charge in [0.15, 0.2) is 0 Å². The van der Waals surface area contributed by atoms with Crippen LogP contribution in [-0.2, 0) is 20.0 Å². The Bertz CT molecular complexity index is 1140. The topological polar surface area (TPSA) is 58.3 Å². The van der Waals surface area contributed by atoms with Crippen molar-refractivity contribution in [1.82, 2.24) is 24.1 Å². The summed E-state index contributed by atoms with van der Waals surface area (Å²) in [5.74, 6) is -0.312. The Morgan fingerprint density at radius 2 is 2.20 bits per heavy atom. The van der Waals surface area contributed by atoms with Crippen LogP contribution in [0, 0.1) is 5.82 Å². The summed E-state index contributed by atoms with van der Waals surface area (Å²) >= 11 is 0. The Labute approximate surface area is 142 Å². The zero-order valence-electron chi connectivity index (χ0n) is 13.7. The molecule has 1 aliphatic rings. The Morgan fingerprint density at radius 3 is 3.08 bits per heavy atom. The lowest BCUT2D eigenvalue weighted by Crippen LogP contribution is -2.35. The number of aromatic nitrogens is 4. The van der Waals surface area contributed by atoms with Crippen molar-refractivity contribution in [2.24, 2.45) is 7.05 Å². The molecule has 0 unspecified atom stereocenters. The first-order valence-electron chi connectivity index (χ1n) is 8.19. The van der Waals surface area contributed by atoms with Crippen molar-refractivity contribution in [3.63, 3.8) is 0 Å². The number of aromatic amines is 1. The van der Waals surface area contributed by atoms with Crippen molar-refractivity contribution in [1.29, 1.82) is 0 Å². The number of hydrogen-bond acceptors (Lipinski definition) is 2. The fourth-order valence-electron chi connectivity index (χ4n) is 3.73. The highest BCUT2D eigenvalue weighted by Gasteiger charge is 2.27. The van der Waals surface area contributed by atoms with Crippen molar-refractivity contribution in [2.45, 2.75) is 13.0 Å². The summed E-state index contributed by atoms with van der Waals surface area (Å²) in [5, 5.41) is 5.10. The minimum Gasteiger partial charge on any atom is -0.358 e. The van der Waals surface area contributed by atoms with Gasteiger partial charge in [-0.05, 0) is 18.2 Å². The third-order valence-electron chi connectivity index (χ3n) is 4.99. The van der Waals surface area contributed by atoms with Crippen LogP contribution in [0.3, 0.4) is 0 Å². The largest absolute Gasteiger partial charge is 0.358 e. The zero-order chi connectivity index (χ0) is 17.1. The Hall–Kier alpha value is -3.09. The van der Waals surface area contributed by atoms with Crippen molar-refractivity contribution in [3.8, 4) is 0 Å². The third kappa shape index (κ3) is 2.02. The predicted octanol–water partition coefficient (Wildman–Crippen LogP) is 2.49. The summed E-state index contributed by atoms with van der Waals surface area (Å²) < 4.78 is 17.2. The molecule has 1 aliphatic heterocycles. The van der Waals surface area contributed by atoms with Crippen molar-refractivity contribution < 1.29 is 9.18 Å². The number of nitrogens with zero attached hydrogens (tertiary/aromatic N) is 4. The molecule has 0 aliphatic carbocycles. The number of halogens is 1. The smallest absolute Gasteiger partial charge is 0.259 e. The molecule has 0 saturated heterocycles. The fraction of sp³-hybridized carbons (Fsp3) is 0.222. The minimum atomic E-state index is -0.264. The lowest BCUT2D eigenvalue weighted by Gasteiger charge is -2.27. The van der Waals surface area contributed by atoms with E-state index in [-0.39, 0.29) is 11.7 Å². The van der Waals surface area contributed by atoms with Crippen molar-refractivity contribution in [3.05, 3.63) is 59.4 Å². The number of imidazole rings is 1. The maximum atomic E-state index is 13.6. The molecule has 1 N–H and O–H groups in total. The lowest BCUT2D eigenvalue weighted by molar-refractivity contribution is 0.0736. The van der Waals surface area contributed by atoms with E-state index < -0.39 is 0 Å². The summed E-state index contributed by atoms with van der Waals surface area (Å²) in [5.41, 5.74) is 4.37. The van der Waals surface area contributed by atoms with E-state index in [1.165, 1.54) is 12.1 Å². The van der Waals surface area contributed by atoms with Crippen molar-refractivity contribution >= 4 is 22.5 Å². The molecule has 0 fully saturated rings. The number of carbonyl (C=O) groups excluding carboxylic acids is 1. The monoisotopic (exact) mass is 337 g/mol. The summed E-state index contributed by atoms with van der Waals surface area (Å²) in [6, 6.07) is 4.74. The van der Waals surface area contributed by atoms with Crippen LogP contribution >= 0.6 is 0 Å². The molecule has 4 aromatic rings. The SMILES string of the molecule is Cn1ccn2ncc(C(=O)N3CCc4[nH]c5ccc(F)cc5c4C3)c12. The van der Waals surface area contributed by atoms with Crippen LogP contribution in [0.4, 0.5) is 4.39 Å². The standard InChI is InChI=1S/C18H16FN5O/c1-22-6-7-24-17(22)13(9-20-24)18(25)23-5-4-16-14(10-23)12-8-11(19)2-3-15(12)21-16/h2-3,6-9,21H,4-5,10H2,1H3. The second-order valence-corrected chi connectivity index (χ2v) is 6.48. The highest BCUT2D eigenvalue weighted by Crippen LogP contribution is 2.29. The maximum Gasteiger partial charge on any atom is 0.259 e. The molecule has 7 heteroatoms. The normalized spacial score (nSPS) is 14.4. The second kappa shape index (κ2) is 4.95. The van der Waals surface area contributed by atoms with Gasteiger partial charge in [-0.15, -0.1) is 0 Å². The van der Waals surface area contributed by atoms with E-state index >= 15 is 0 Å². The van der Waals surface area contributed by atoms with Gasteiger partial charge in [-0.25, -0.2) is 8.91 Å². The molecule has 25 heavy (non-hydrogen) atoms. The van der Waals surface area contributed by atoms with Gasteiger partial charge in [0.2, 0.25) is 0 Å². The Kier molecular flexibility index (Phi) is 2.83. The molecule has 1 aromatic carbocycles. The molecular weight excluding hydrogens is 321 g/mol. The molecule has 0 atom stereocenters. The number of nitrogens with one attached hydrogen (secondary N) is 1. The van der Waals surface area contributed by atoms with E-state index in [1.807, 2.05) is 28.9 Å². The first-order chi connectivity index (χ1) is 12.1. The number of benzene rings is 1. The van der Waals surface area contributed by atoms with Crippen LogP contribution in [-0.4, -0.2) is 36.5 Å². The van der Waals surface area contributed by atoms with Crippen LogP contribution in [0.25, 0.3) is 16.6 Å². The highest BCUT2D eigenvalue weighted by molar-refractivity contribution is 6.00. The van der Waals surface area contributed by atoms with Gasteiger partial charge in [0.05, 0.1) is 6.20 Å². The van der Waals surface area contributed by atoms with Crippen LogP contribution in [0.5, 0.6) is 0 Å². The molecule has 0 saturated carbocycles. The minimum absolute atomic E-state index is 0.0480. The number of rotatable bonds is 1. The van der Waals surface area contributed by atoms with Crippen LogP contribution < -0.4 is 0 Å². The average molecular weight is 337 g/mol. The van der Waals surface area contributed by atoms with Gasteiger partial charge in [0.25, 0.3) is 5.91 Å². The molecule has 0 bridgehead atoms. The van der Waals surface area contributed by atoms with Gasteiger partial charge in [-0.2, -0.15) is 5.10 Å². The van der Waals surface area contributed by atoms with E-state index in [2.05, 4.69) is 10.1 Å². The number of amides is 1. The number of carbonyl (C=O) groups is 1. The quantitative estimate of drug-likeness (QED) is 0.580. The molecule has 0 radical (unpaired) electrons. The van der Waals surface area contributed by atoms with Crippen LogP contribution in [0.15, 0.2) is 36.8 Å². The van der Waals surface area contributed by atoms with Crippen molar-refractivity contribution in [2.75, 3.05) is 6.54 Å². The maximum absolute atomic E-state index is 13.6. The predicted molar refractivity (Wildman–Crippen MR) is 90.9 cm³/mol. The third-order valence-corrected chi connectivity index (χ3v) is 4.99. The highest BCUT2D eigenvalue weighted by atomic mass is 19.1. The molecule has 5 rings (SSSR count). The lowest BCUT2D eigenvalue weighted by atomic mass is 10.0. The molecule has 126 valence electrons. The van der Waals surface area contributed by atoms with Gasteiger partial charge >= 0.3 is 0 Å². The summed E-state index contributed by atoms with van der Waals surface area (Å²) in [6.45, 7) is 1.10. The van der Waals surface area contributed by atoms with E-state index in [0.717, 1.165) is 34.2 Å². The van der Waals surface area contributed by atoms with E-state index in [9.17, 15) is 9.18 Å². The van der Waals surface area contributed by atoms with E-state index in [0.29, 0.717) is 18.7 Å². The fourth-order valence-corrected chi connectivity index (χ4v) is 3.73. The molecule has 4 heterocycles. The first kappa shape index (κ1) is 14.3. The summed E-state index contributed by atoms with van der Waals surface area (Å²) in [4.78, 5) is 18.2. The number of H-pyrrole nitrogens is 1. The van der Waals surface area contributed by atoms with Gasteiger partial charge in [-0.3, -0.25) is 4.79 Å². The van der Waals surface area contributed by atoms with Gasteiger partial charge < -0.3 is 14.5 Å². The summed E-state index contributed by atoms with van der Waals surface area (Å²) in [7, 11) is 1.89. The van der Waals surface area contributed by atoms with Gasteiger partial charge in [0, 0.05) is 61.1 Å². The Morgan fingerprint density at radius 1 is 1.32 bits per heavy atom. The van der Waals surface area contributed by atoms with Gasteiger partial charge in [0.1, 0.15) is 17.0 Å². The van der Waals surface area contributed by atoms with Crippen LogP contribution in [0.1, 0.15) is 21.6 Å². The molecule has 6 nitrogen and oxygen atoms in total. The van der Waals surface area contributed by atoms with E-state index in [4.69, 9.17) is 0 Å². The molecule has 1 amide bonds. The van der Waals surface area contributed by atoms with Crippen LogP contribution in [0.2, 0.25) is 0 Å². The number of hydrogen-bond donors (Lipinski definition) is 1. The average Bonchev–Trinajstić information content (AvgIpc) is 3.28. The van der Waals surface area contributed by atoms with Gasteiger partial charge in [-0.1, -0.05) is 0 Å². The first-order valence-corrected chi connectivity index (χ1v) is 8.19. The molecular formula is C18H16FN5O.